The van der Waals surface area contributed by atoms with Crippen molar-refractivity contribution in [1.29, 1.82) is 0 Å². The van der Waals surface area contributed by atoms with Crippen LogP contribution in [0.5, 0.6) is 11.5 Å². The van der Waals surface area contributed by atoms with Gasteiger partial charge in [-0.3, -0.25) is 5.43 Å². The molecule has 1 heterocycles. The summed E-state index contributed by atoms with van der Waals surface area (Å²) < 4.78 is 10.5. The number of para-hydroxylation sites is 1. The van der Waals surface area contributed by atoms with Gasteiger partial charge in [0.15, 0.2) is 17.3 Å². The van der Waals surface area contributed by atoms with Gasteiger partial charge in [0.2, 0.25) is 0 Å². The van der Waals surface area contributed by atoms with Crippen molar-refractivity contribution in [3.63, 3.8) is 0 Å². The molecule has 1 aromatic carbocycles. The molecule has 2 rings (SSSR count). The predicted molar refractivity (Wildman–Crippen MR) is 78.2 cm³/mol. The third kappa shape index (κ3) is 3.35. The number of benzene rings is 1. The summed E-state index contributed by atoms with van der Waals surface area (Å²) in [4.78, 5) is 14.8. The first-order chi connectivity index (χ1) is 10.2. The van der Waals surface area contributed by atoms with E-state index in [0.29, 0.717) is 17.2 Å². The highest BCUT2D eigenvalue weighted by molar-refractivity contribution is 5.85. The van der Waals surface area contributed by atoms with Gasteiger partial charge in [-0.2, -0.15) is 15.2 Å². The highest BCUT2D eigenvalue weighted by atomic mass is 16.5. The Bertz CT molecular complexity index is 711. The third-order valence-electron chi connectivity index (χ3n) is 2.68. The molecule has 0 spiro atoms. The van der Waals surface area contributed by atoms with Crippen molar-refractivity contribution in [2.24, 2.45) is 5.10 Å². The Labute approximate surface area is 120 Å². The lowest BCUT2D eigenvalue weighted by molar-refractivity contribution is 0.354. The Morgan fingerprint density at radius 1 is 1.33 bits per heavy atom. The number of methoxy groups -OCH3 is 2. The first-order valence-electron chi connectivity index (χ1n) is 6.09. The highest BCUT2D eigenvalue weighted by Gasteiger charge is 2.07. The average Bonchev–Trinajstić information content (AvgIpc) is 2.50. The molecule has 2 N–H and O–H groups in total. The first-order valence-corrected chi connectivity index (χ1v) is 6.09. The largest absolute Gasteiger partial charge is 0.493 e. The monoisotopic (exact) mass is 289 g/mol. The number of nitrogens with zero attached hydrogens (tertiary/aromatic N) is 3. The Morgan fingerprint density at radius 3 is 2.86 bits per heavy atom. The first kappa shape index (κ1) is 14.5. The number of rotatable bonds is 5. The number of aromatic nitrogens is 3. The van der Waals surface area contributed by atoms with Crippen LogP contribution in [-0.4, -0.2) is 35.6 Å². The smallest absolute Gasteiger partial charge is 0.363 e. The fourth-order valence-electron chi connectivity index (χ4n) is 1.67. The van der Waals surface area contributed by atoms with Crippen LogP contribution in [-0.2, 0) is 0 Å². The van der Waals surface area contributed by atoms with Gasteiger partial charge >= 0.3 is 5.69 Å². The minimum atomic E-state index is -0.544. The van der Waals surface area contributed by atoms with Crippen LogP contribution >= 0.6 is 0 Å². The zero-order valence-electron chi connectivity index (χ0n) is 11.9. The van der Waals surface area contributed by atoms with E-state index in [1.165, 1.54) is 0 Å². The molecule has 0 radical (unpaired) electrons. The van der Waals surface area contributed by atoms with Gasteiger partial charge in [0.1, 0.15) is 5.69 Å². The van der Waals surface area contributed by atoms with Crippen LogP contribution in [0.4, 0.5) is 5.82 Å². The number of aryl methyl sites for hydroxylation is 1. The van der Waals surface area contributed by atoms with Crippen LogP contribution in [0.25, 0.3) is 0 Å². The van der Waals surface area contributed by atoms with Gasteiger partial charge < -0.3 is 9.47 Å². The number of ether oxygens (including phenoxy) is 2. The molecule has 110 valence electrons. The summed E-state index contributed by atoms with van der Waals surface area (Å²) in [5, 5.41) is 10.1. The molecule has 8 heteroatoms. The van der Waals surface area contributed by atoms with Gasteiger partial charge in [-0.1, -0.05) is 6.07 Å². The van der Waals surface area contributed by atoms with E-state index in [2.05, 4.69) is 25.7 Å². The summed E-state index contributed by atoms with van der Waals surface area (Å²) in [6.45, 7) is 1.70. The maximum Gasteiger partial charge on any atom is 0.363 e. The van der Waals surface area contributed by atoms with Gasteiger partial charge in [0, 0.05) is 5.56 Å². The number of anilines is 1. The molecular formula is C13H15N5O3. The molecule has 21 heavy (non-hydrogen) atoms. The van der Waals surface area contributed by atoms with Crippen molar-refractivity contribution in [3.05, 3.63) is 39.9 Å². The van der Waals surface area contributed by atoms with Crippen LogP contribution < -0.4 is 20.6 Å². The number of hydrogen-bond acceptors (Lipinski definition) is 7. The fourth-order valence-corrected chi connectivity index (χ4v) is 1.67. The van der Waals surface area contributed by atoms with E-state index in [4.69, 9.17) is 9.47 Å². The van der Waals surface area contributed by atoms with Gasteiger partial charge in [-0.25, -0.2) is 9.89 Å². The Kier molecular flexibility index (Phi) is 4.50. The van der Waals surface area contributed by atoms with Crippen molar-refractivity contribution >= 4 is 12.0 Å². The minimum Gasteiger partial charge on any atom is -0.493 e. The Morgan fingerprint density at radius 2 is 2.14 bits per heavy atom. The Balaban J connectivity index is 2.22. The third-order valence-corrected chi connectivity index (χ3v) is 2.68. The van der Waals surface area contributed by atoms with Crippen molar-refractivity contribution in [2.45, 2.75) is 6.92 Å². The van der Waals surface area contributed by atoms with E-state index < -0.39 is 5.69 Å². The van der Waals surface area contributed by atoms with Gasteiger partial charge in [-0.05, 0) is 19.1 Å². The second kappa shape index (κ2) is 6.51. The van der Waals surface area contributed by atoms with Crippen LogP contribution in [0, 0.1) is 6.92 Å². The van der Waals surface area contributed by atoms with Gasteiger partial charge in [0.05, 0.1) is 20.4 Å². The fraction of sp³-hybridized carbons (Fsp3) is 0.231. The summed E-state index contributed by atoms with van der Waals surface area (Å²) in [5.74, 6) is 1.46. The van der Waals surface area contributed by atoms with Crippen molar-refractivity contribution in [2.75, 3.05) is 19.6 Å². The molecule has 1 aromatic heterocycles. The van der Waals surface area contributed by atoms with Gasteiger partial charge in [0.25, 0.3) is 0 Å². The summed E-state index contributed by atoms with van der Waals surface area (Å²) in [6, 6.07) is 5.43. The molecule has 0 atom stereocenters. The van der Waals surface area contributed by atoms with E-state index in [1.54, 1.807) is 33.4 Å². The van der Waals surface area contributed by atoms with Crippen LogP contribution in [0.2, 0.25) is 0 Å². The molecule has 0 amide bonds. The average molecular weight is 289 g/mol. The lowest BCUT2D eigenvalue weighted by atomic mass is 10.2. The molecule has 0 saturated heterocycles. The zero-order chi connectivity index (χ0) is 15.2. The normalized spacial score (nSPS) is 10.6. The summed E-state index contributed by atoms with van der Waals surface area (Å²) in [5.41, 5.74) is 3.38. The van der Waals surface area contributed by atoms with E-state index >= 15 is 0 Å². The minimum absolute atomic E-state index is 0.289. The summed E-state index contributed by atoms with van der Waals surface area (Å²) in [7, 11) is 3.11. The van der Waals surface area contributed by atoms with Gasteiger partial charge in [-0.15, -0.1) is 0 Å². The van der Waals surface area contributed by atoms with Crippen LogP contribution in [0.15, 0.2) is 28.1 Å². The molecule has 0 fully saturated rings. The second-order valence-electron chi connectivity index (χ2n) is 4.03. The standard InChI is InChI=1S/C13H15N5O3/c1-8-12(15-13(19)18-16-8)17-14-7-9-5-4-6-10(20-2)11(9)21-3/h4-7H,1-3H3,(H2,15,17,18,19)/b14-7+. The van der Waals surface area contributed by atoms with E-state index in [1.807, 2.05) is 12.1 Å². The number of hydrogen-bond donors (Lipinski definition) is 2. The lowest BCUT2D eigenvalue weighted by Crippen LogP contribution is -2.15. The molecule has 2 aromatic rings. The maximum absolute atomic E-state index is 11.1. The molecule has 0 bridgehead atoms. The molecule has 0 aliphatic rings. The Hall–Kier alpha value is -2.90. The molecule has 0 aliphatic heterocycles. The number of aromatic amines is 1. The quantitative estimate of drug-likeness (QED) is 0.627. The van der Waals surface area contributed by atoms with Crippen molar-refractivity contribution in [3.8, 4) is 11.5 Å². The summed E-state index contributed by atoms with van der Waals surface area (Å²) in [6.07, 6.45) is 1.55. The molecule has 0 unspecified atom stereocenters. The lowest BCUT2D eigenvalue weighted by Gasteiger charge is -2.09. The SMILES string of the molecule is COc1cccc(/C=N/Nc2nc(=O)[nH]nc2C)c1OC. The van der Waals surface area contributed by atoms with Crippen LogP contribution in [0.3, 0.4) is 0 Å². The van der Waals surface area contributed by atoms with E-state index in [9.17, 15) is 4.79 Å². The second-order valence-corrected chi connectivity index (χ2v) is 4.03. The number of nitrogens with one attached hydrogen (secondary N) is 2. The number of hydrazone groups is 1. The molecule has 0 saturated carbocycles. The molecular weight excluding hydrogens is 274 g/mol. The highest BCUT2D eigenvalue weighted by Crippen LogP contribution is 2.29. The van der Waals surface area contributed by atoms with Crippen molar-refractivity contribution < 1.29 is 9.47 Å². The number of H-pyrrole nitrogens is 1. The molecule has 0 aliphatic carbocycles. The summed E-state index contributed by atoms with van der Waals surface area (Å²) >= 11 is 0. The van der Waals surface area contributed by atoms with Crippen LogP contribution in [0.1, 0.15) is 11.3 Å². The van der Waals surface area contributed by atoms with E-state index in [-0.39, 0.29) is 5.82 Å². The van der Waals surface area contributed by atoms with E-state index in [0.717, 1.165) is 5.56 Å². The topological polar surface area (TPSA) is 101 Å². The zero-order valence-corrected chi connectivity index (χ0v) is 11.9. The maximum atomic E-state index is 11.1. The van der Waals surface area contributed by atoms with Crippen molar-refractivity contribution in [1.82, 2.24) is 15.2 Å². The predicted octanol–water partition coefficient (Wildman–Crippen LogP) is 0.937. The molecule has 8 nitrogen and oxygen atoms in total.